The van der Waals surface area contributed by atoms with Crippen LogP contribution >= 0.6 is 0 Å². The second kappa shape index (κ2) is 5.64. The van der Waals surface area contributed by atoms with E-state index in [2.05, 4.69) is 10.3 Å². The van der Waals surface area contributed by atoms with Crippen LogP contribution in [0.1, 0.15) is 36.2 Å². The highest BCUT2D eigenvalue weighted by atomic mass is 16.6. The Hall–Kier alpha value is -2.18. The lowest BCUT2D eigenvalue weighted by Crippen LogP contribution is -2.14. The van der Waals surface area contributed by atoms with Crippen LogP contribution in [0, 0.1) is 16.0 Å². The molecule has 0 aliphatic heterocycles. The van der Waals surface area contributed by atoms with Gasteiger partial charge in [-0.2, -0.15) is 0 Å². The fraction of sp³-hybridized carbons (Fsp3) is 0.500. The summed E-state index contributed by atoms with van der Waals surface area (Å²) in [5, 5.41) is 22.7. The van der Waals surface area contributed by atoms with Crippen LogP contribution < -0.4 is 5.32 Å². The maximum absolute atomic E-state index is 10.9. The number of carboxylic acid groups (broad SMARTS) is 1. The van der Waals surface area contributed by atoms with Crippen molar-refractivity contribution >= 4 is 17.5 Å². The summed E-state index contributed by atoms with van der Waals surface area (Å²) in [7, 11) is 0. The number of carboxylic acids is 1. The van der Waals surface area contributed by atoms with Crippen molar-refractivity contribution in [2.24, 2.45) is 5.92 Å². The number of aromatic nitrogens is 1. The Bertz CT molecular complexity index is 498. The number of nitro groups is 1. The number of hydrogen-bond acceptors (Lipinski definition) is 5. The van der Waals surface area contributed by atoms with Gasteiger partial charge in [0.2, 0.25) is 5.82 Å². The van der Waals surface area contributed by atoms with Crippen molar-refractivity contribution < 1.29 is 14.8 Å². The Morgan fingerprint density at radius 1 is 1.47 bits per heavy atom. The van der Waals surface area contributed by atoms with E-state index in [4.69, 9.17) is 5.11 Å². The molecule has 0 amide bonds. The molecule has 1 heterocycles. The van der Waals surface area contributed by atoms with E-state index in [-0.39, 0.29) is 17.2 Å². The van der Waals surface area contributed by atoms with Gasteiger partial charge < -0.3 is 10.4 Å². The molecule has 1 aromatic rings. The van der Waals surface area contributed by atoms with Gasteiger partial charge in [0.15, 0.2) is 5.69 Å². The molecule has 2 N–H and O–H groups in total. The van der Waals surface area contributed by atoms with Gasteiger partial charge >= 0.3 is 11.7 Å². The van der Waals surface area contributed by atoms with Gasteiger partial charge in [-0.3, -0.25) is 10.1 Å². The van der Waals surface area contributed by atoms with Crippen LogP contribution in [0.5, 0.6) is 0 Å². The third-order valence-corrected chi connectivity index (χ3v) is 3.32. The minimum absolute atomic E-state index is 0.0387. The smallest absolute Gasteiger partial charge is 0.354 e. The van der Waals surface area contributed by atoms with E-state index in [9.17, 15) is 14.9 Å². The quantitative estimate of drug-likeness (QED) is 0.625. The molecule has 0 spiro atoms. The largest absolute Gasteiger partial charge is 0.477 e. The standard InChI is InChI=1S/C12H15N3O4/c16-12(17)9-5-6-10(15(18)19)11(14-9)13-7-8-3-1-2-4-8/h5-6,8H,1-4,7H2,(H,13,14)(H,16,17). The summed E-state index contributed by atoms with van der Waals surface area (Å²) in [6, 6.07) is 2.31. The summed E-state index contributed by atoms with van der Waals surface area (Å²) in [5.41, 5.74) is -0.387. The third kappa shape index (κ3) is 3.18. The number of anilines is 1. The Labute approximate surface area is 109 Å². The maximum atomic E-state index is 10.9. The summed E-state index contributed by atoms with van der Waals surface area (Å²) in [6.45, 7) is 0.594. The van der Waals surface area contributed by atoms with E-state index in [0.717, 1.165) is 18.9 Å². The molecule has 0 unspecified atom stereocenters. The minimum Gasteiger partial charge on any atom is -0.477 e. The molecule has 1 fully saturated rings. The predicted octanol–water partition coefficient (Wildman–Crippen LogP) is 2.29. The number of pyridine rings is 1. The van der Waals surface area contributed by atoms with Crippen LogP contribution in [0.25, 0.3) is 0 Å². The first-order chi connectivity index (χ1) is 9.08. The molecule has 0 bridgehead atoms. The molecule has 1 saturated carbocycles. The maximum Gasteiger partial charge on any atom is 0.354 e. The van der Waals surface area contributed by atoms with Gasteiger partial charge in [-0.15, -0.1) is 0 Å². The summed E-state index contributed by atoms with van der Waals surface area (Å²) in [5.74, 6) is -0.675. The summed E-state index contributed by atoms with van der Waals surface area (Å²) in [6.07, 6.45) is 4.55. The molecule has 1 aromatic heterocycles. The first-order valence-corrected chi connectivity index (χ1v) is 6.20. The van der Waals surface area contributed by atoms with Crippen molar-refractivity contribution in [2.75, 3.05) is 11.9 Å². The minimum atomic E-state index is -1.20. The molecule has 102 valence electrons. The van der Waals surface area contributed by atoms with E-state index in [1.807, 2.05) is 0 Å². The fourth-order valence-corrected chi connectivity index (χ4v) is 2.30. The van der Waals surface area contributed by atoms with Crippen LogP contribution in [0.15, 0.2) is 12.1 Å². The molecule has 0 atom stereocenters. The van der Waals surface area contributed by atoms with Crippen LogP contribution in [-0.4, -0.2) is 27.5 Å². The highest BCUT2D eigenvalue weighted by Gasteiger charge is 2.20. The molecule has 0 saturated heterocycles. The van der Waals surface area contributed by atoms with E-state index in [1.165, 1.54) is 18.9 Å². The summed E-state index contributed by atoms with van der Waals surface area (Å²) >= 11 is 0. The van der Waals surface area contributed by atoms with Crippen molar-refractivity contribution in [3.05, 3.63) is 27.9 Å². The van der Waals surface area contributed by atoms with Crippen molar-refractivity contribution in [2.45, 2.75) is 25.7 Å². The second-order valence-corrected chi connectivity index (χ2v) is 4.66. The van der Waals surface area contributed by atoms with E-state index in [1.54, 1.807) is 0 Å². The predicted molar refractivity (Wildman–Crippen MR) is 68.3 cm³/mol. The topological polar surface area (TPSA) is 105 Å². The highest BCUT2D eigenvalue weighted by Crippen LogP contribution is 2.27. The zero-order chi connectivity index (χ0) is 13.8. The lowest BCUT2D eigenvalue weighted by atomic mass is 10.1. The molecule has 0 radical (unpaired) electrons. The second-order valence-electron chi connectivity index (χ2n) is 4.66. The molecule has 2 rings (SSSR count). The van der Waals surface area contributed by atoms with Crippen molar-refractivity contribution in [1.82, 2.24) is 4.98 Å². The lowest BCUT2D eigenvalue weighted by Gasteiger charge is -2.11. The number of nitrogens with zero attached hydrogens (tertiary/aromatic N) is 2. The first kappa shape index (κ1) is 13.3. The Morgan fingerprint density at radius 2 is 2.16 bits per heavy atom. The zero-order valence-electron chi connectivity index (χ0n) is 10.3. The Morgan fingerprint density at radius 3 is 2.74 bits per heavy atom. The molecular weight excluding hydrogens is 250 g/mol. The average Bonchev–Trinajstić information content (AvgIpc) is 2.88. The first-order valence-electron chi connectivity index (χ1n) is 6.20. The van der Waals surface area contributed by atoms with Crippen LogP contribution in [0.2, 0.25) is 0 Å². The van der Waals surface area contributed by atoms with Crippen LogP contribution in [0.3, 0.4) is 0 Å². The number of carbonyl (C=O) groups is 1. The van der Waals surface area contributed by atoms with E-state index < -0.39 is 10.9 Å². The molecule has 1 aliphatic carbocycles. The molecule has 19 heavy (non-hydrogen) atoms. The number of aromatic carboxylic acids is 1. The van der Waals surface area contributed by atoms with Gasteiger partial charge in [0.25, 0.3) is 0 Å². The van der Waals surface area contributed by atoms with Crippen molar-refractivity contribution in [1.29, 1.82) is 0 Å². The van der Waals surface area contributed by atoms with Crippen LogP contribution in [-0.2, 0) is 0 Å². The van der Waals surface area contributed by atoms with Gasteiger partial charge in [0.05, 0.1) is 4.92 Å². The molecular formula is C12H15N3O4. The van der Waals surface area contributed by atoms with Crippen LogP contribution in [0.4, 0.5) is 11.5 Å². The Balaban J connectivity index is 2.16. The Kier molecular flexibility index (Phi) is 3.94. The number of hydrogen-bond donors (Lipinski definition) is 2. The van der Waals surface area contributed by atoms with Crippen molar-refractivity contribution in [3.63, 3.8) is 0 Å². The molecule has 7 nitrogen and oxygen atoms in total. The van der Waals surface area contributed by atoms with Gasteiger partial charge in [0.1, 0.15) is 0 Å². The van der Waals surface area contributed by atoms with E-state index >= 15 is 0 Å². The molecule has 1 aliphatic rings. The highest BCUT2D eigenvalue weighted by molar-refractivity contribution is 5.86. The summed E-state index contributed by atoms with van der Waals surface area (Å²) < 4.78 is 0. The molecule has 7 heteroatoms. The average molecular weight is 265 g/mol. The van der Waals surface area contributed by atoms with Gasteiger partial charge in [0, 0.05) is 12.6 Å². The van der Waals surface area contributed by atoms with E-state index in [0.29, 0.717) is 12.5 Å². The number of nitrogens with one attached hydrogen (secondary N) is 1. The van der Waals surface area contributed by atoms with Gasteiger partial charge in [-0.1, -0.05) is 12.8 Å². The normalized spacial score (nSPS) is 15.4. The fourth-order valence-electron chi connectivity index (χ4n) is 2.30. The van der Waals surface area contributed by atoms with Crippen molar-refractivity contribution in [3.8, 4) is 0 Å². The SMILES string of the molecule is O=C(O)c1ccc([N+](=O)[O-])c(NCC2CCCC2)n1. The van der Waals surface area contributed by atoms with Gasteiger partial charge in [-0.25, -0.2) is 9.78 Å². The zero-order valence-corrected chi connectivity index (χ0v) is 10.3. The lowest BCUT2D eigenvalue weighted by molar-refractivity contribution is -0.384. The van der Waals surface area contributed by atoms with Gasteiger partial charge in [-0.05, 0) is 24.8 Å². The third-order valence-electron chi connectivity index (χ3n) is 3.32. The monoisotopic (exact) mass is 265 g/mol. The molecule has 0 aromatic carbocycles. The summed E-state index contributed by atoms with van der Waals surface area (Å²) in [4.78, 5) is 25.0. The number of rotatable bonds is 5.